The maximum atomic E-state index is 12.4. The van der Waals surface area contributed by atoms with Crippen LogP contribution in [0.25, 0.3) is 10.9 Å². The number of benzene rings is 1. The van der Waals surface area contributed by atoms with Crippen LogP contribution in [0.4, 0.5) is 0 Å². The fourth-order valence-corrected chi connectivity index (χ4v) is 3.41. The number of hydrogen-bond donors (Lipinski definition) is 0. The Balaban J connectivity index is 1.78. The SMILES string of the molecule is CC1CCCCN1C(=O)COc1ncnc2c(Cl)cc(Cl)cc12. The summed E-state index contributed by atoms with van der Waals surface area (Å²) < 4.78 is 5.63. The van der Waals surface area contributed by atoms with E-state index in [1.165, 1.54) is 12.7 Å². The summed E-state index contributed by atoms with van der Waals surface area (Å²) >= 11 is 12.2. The van der Waals surface area contributed by atoms with E-state index in [0.29, 0.717) is 26.8 Å². The van der Waals surface area contributed by atoms with E-state index in [0.717, 1.165) is 19.4 Å². The maximum Gasteiger partial charge on any atom is 0.260 e. The standard InChI is InChI=1S/C16H17Cl2N3O2/c1-10-4-2-3-5-21(10)14(22)8-23-16-12-6-11(17)7-13(18)15(12)19-9-20-16/h6-7,9-10H,2-5,8H2,1H3. The molecule has 1 aliphatic heterocycles. The van der Waals surface area contributed by atoms with Gasteiger partial charge in [0.25, 0.3) is 5.91 Å². The van der Waals surface area contributed by atoms with Crippen molar-refractivity contribution in [3.05, 3.63) is 28.5 Å². The molecule has 2 heterocycles. The lowest BCUT2D eigenvalue weighted by molar-refractivity contribution is -0.136. The molecule has 0 spiro atoms. The number of nitrogens with zero attached hydrogens (tertiary/aromatic N) is 3. The first-order valence-electron chi connectivity index (χ1n) is 7.58. The second-order valence-corrected chi connectivity index (χ2v) is 6.53. The molecule has 0 saturated carbocycles. The highest BCUT2D eigenvalue weighted by Crippen LogP contribution is 2.30. The van der Waals surface area contributed by atoms with E-state index in [4.69, 9.17) is 27.9 Å². The first-order valence-corrected chi connectivity index (χ1v) is 8.34. The van der Waals surface area contributed by atoms with E-state index >= 15 is 0 Å². The van der Waals surface area contributed by atoms with Crippen LogP contribution in [0.5, 0.6) is 5.88 Å². The first kappa shape index (κ1) is 16.3. The molecule has 122 valence electrons. The molecule has 1 unspecified atom stereocenters. The lowest BCUT2D eigenvalue weighted by Gasteiger charge is -2.33. The zero-order valence-corrected chi connectivity index (χ0v) is 14.3. The molecule has 0 radical (unpaired) electrons. The van der Waals surface area contributed by atoms with Crippen LogP contribution in [0, 0.1) is 0 Å². The third kappa shape index (κ3) is 3.51. The highest BCUT2D eigenvalue weighted by atomic mass is 35.5. The van der Waals surface area contributed by atoms with Crippen LogP contribution in [0.3, 0.4) is 0 Å². The number of hydrogen-bond acceptors (Lipinski definition) is 4. The monoisotopic (exact) mass is 353 g/mol. The minimum absolute atomic E-state index is 0.0305. The number of amides is 1. The third-order valence-corrected chi connectivity index (χ3v) is 4.58. The average molecular weight is 354 g/mol. The Kier molecular flexibility index (Phi) is 4.87. The molecular formula is C16H17Cl2N3O2. The smallest absolute Gasteiger partial charge is 0.260 e. The number of carbonyl (C=O) groups excluding carboxylic acids is 1. The third-order valence-electron chi connectivity index (χ3n) is 4.08. The molecule has 0 bridgehead atoms. The van der Waals surface area contributed by atoms with Gasteiger partial charge in [0.2, 0.25) is 5.88 Å². The van der Waals surface area contributed by atoms with Crippen molar-refractivity contribution in [2.45, 2.75) is 32.2 Å². The number of fused-ring (bicyclic) bond motifs is 1. The first-order chi connectivity index (χ1) is 11.1. The molecule has 1 fully saturated rings. The van der Waals surface area contributed by atoms with Crippen molar-refractivity contribution < 1.29 is 9.53 Å². The lowest BCUT2D eigenvalue weighted by Crippen LogP contribution is -2.44. The second-order valence-electron chi connectivity index (χ2n) is 5.68. The van der Waals surface area contributed by atoms with E-state index in [-0.39, 0.29) is 18.6 Å². The summed E-state index contributed by atoms with van der Waals surface area (Å²) in [5.41, 5.74) is 0.555. The Hall–Kier alpha value is -1.59. The van der Waals surface area contributed by atoms with Gasteiger partial charge in [-0.1, -0.05) is 23.2 Å². The molecular weight excluding hydrogens is 337 g/mol. The van der Waals surface area contributed by atoms with Crippen LogP contribution in [0.2, 0.25) is 10.0 Å². The topological polar surface area (TPSA) is 55.3 Å². The predicted octanol–water partition coefficient (Wildman–Crippen LogP) is 3.72. The number of ether oxygens (including phenoxy) is 1. The Bertz CT molecular complexity index is 739. The molecule has 1 aromatic carbocycles. The summed E-state index contributed by atoms with van der Waals surface area (Å²) in [5.74, 6) is 0.287. The Morgan fingerprint density at radius 1 is 1.35 bits per heavy atom. The van der Waals surface area contributed by atoms with Gasteiger partial charge in [-0.15, -0.1) is 0 Å². The minimum atomic E-state index is -0.0550. The summed E-state index contributed by atoms with van der Waals surface area (Å²) in [7, 11) is 0. The van der Waals surface area contributed by atoms with E-state index < -0.39 is 0 Å². The quantitative estimate of drug-likeness (QED) is 0.843. The van der Waals surface area contributed by atoms with Crippen LogP contribution >= 0.6 is 23.2 Å². The van der Waals surface area contributed by atoms with Gasteiger partial charge in [0.05, 0.1) is 15.9 Å². The van der Waals surface area contributed by atoms with Gasteiger partial charge >= 0.3 is 0 Å². The number of rotatable bonds is 3. The highest BCUT2D eigenvalue weighted by molar-refractivity contribution is 6.38. The summed E-state index contributed by atoms with van der Waals surface area (Å²) in [5, 5.41) is 1.50. The molecule has 5 nitrogen and oxygen atoms in total. The highest BCUT2D eigenvalue weighted by Gasteiger charge is 2.23. The molecule has 7 heteroatoms. The van der Waals surface area contributed by atoms with E-state index in [9.17, 15) is 4.79 Å². The van der Waals surface area contributed by atoms with E-state index in [1.54, 1.807) is 12.1 Å². The Morgan fingerprint density at radius 2 is 2.17 bits per heavy atom. The molecule has 3 rings (SSSR count). The van der Waals surface area contributed by atoms with Crippen LogP contribution in [-0.4, -0.2) is 40.0 Å². The average Bonchev–Trinajstić information content (AvgIpc) is 2.53. The van der Waals surface area contributed by atoms with Gasteiger partial charge in [0.15, 0.2) is 6.61 Å². The molecule has 0 N–H and O–H groups in total. The van der Waals surface area contributed by atoms with Crippen molar-refractivity contribution in [2.75, 3.05) is 13.2 Å². The second kappa shape index (κ2) is 6.89. The summed E-state index contributed by atoms with van der Waals surface area (Å²) in [6.07, 6.45) is 4.61. The zero-order chi connectivity index (χ0) is 16.4. The summed E-state index contributed by atoms with van der Waals surface area (Å²) in [6.45, 7) is 2.79. The van der Waals surface area contributed by atoms with Gasteiger partial charge in [-0.25, -0.2) is 9.97 Å². The van der Waals surface area contributed by atoms with Gasteiger partial charge in [0, 0.05) is 17.6 Å². The predicted molar refractivity (Wildman–Crippen MR) is 90.1 cm³/mol. The van der Waals surface area contributed by atoms with Gasteiger partial charge in [0.1, 0.15) is 6.33 Å². The van der Waals surface area contributed by atoms with Crippen molar-refractivity contribution in [2.24, 2.45) is 0 Å². The minimum Gasteiger partial charge on any atom is -0.467 e. The molecule has 1 saturated heterocycles. The normalized spacial score (nSPS) is 18.2. The van der Waals surface area contributed by atoms with Crippen LogP contribution in [0.15, 0.2) is 18.5 Å². The van der Waals surface area contributed by atoms with Crippen molar-refractivity contribution in [1.82, 2.24) is 14.9 Å². The number of carbonyl (C=O) groups is 1. The van der Waals surface area contributed by atoms with Gasteiger partial charge < -0.3 is 9.64 Å². The van der Waals surface area contributed by atoms with E-state index in [1.807, 2.05) is 4.90 Å². The van der Waals surface area contributed by atoms with Crippen molar-refractivity contribution in [1.29, 1.82) is 0 Å². The molecule has 1 amide bonds. The Labute approximate surface area is 144 Å². The molecule has 1 aromatic heterocycles. The maximum absolute atomic E-state index is 12.4. The number of halogens is 2. The summed E-state index contributed by atoms with van der Waals surface area (Å²) in [6, 6.07) is 3.56. The van der Waals surface area contributed by atoms with Crippen LogP contribution < -0.4 is 4.74 Å². The van der Waals surface area contributed by atoms with Gasteiger partial charge in [-0.2, -0.15) is 0 Å². The fourth-order valence-electron chi connectivity index (χ4n) is 2.87. The van der Waals surface area contributed by atoms with Crippen molar-refractivity contribution in [3.63, 3.8) is 0 Å². The fraction of sp³-hybridized carbons (Fsp3) is 0.438. The van der Waals surface area contributed by atoms with Crippen LogP contribution in [-0.2, 0) is 4.79 Å². The molecule has 1 aliphatic rings. The molecule has 1 atom stereocenters. The lowest BCUT2D eigenvalue weighted by atomic mass is 10.0. The van der Waals surface area contributed by atoms with Gasteiger partial charge in [-0.3, -0.25) is 4.79 Å². The number of aromatic nitrogens is 2. The summed E-state index contributed by atoms with van der Waals surface area (Å²) in [4.78, 5) is 22.5. The largest absolute Gasteiger partial charge is 0.467 e. The van der Waals surface area contributed by atoms with Crippen molar-refractivity contribution >= 4 is 40.0 Å². The Morgan fingerprint density at radius 3 is 2.96 bits per heavy atom. The van der Waals surface area contributed by atoms with Crippen LogP contribution in [0.1, 0.15) is 26.2 Å². The van der Waals surface area contributed by atoms with Gasteiger partial charge in [-0.05, 0) is 38.3 Å². The molecule has 2 aromatic rings. The molecule has 23 heavy (non-hydrogen) atoms. The van der Waals surface area contributed by atoms with Crippen molar-refractivity contribution in [3.8, 4) is 5.88 Å². The number of likely N-dealkylation sites (tertiary alicyclic amines) is 1. The van der Waals surface area contributed by atoms with E-state index in [2.05, 4.69) is 16.9 Å². The molecule has 0 aliphatic carbocycles. The number of piperidine rings is 1. The zero-order valence-electron chi connectivity index (χ0n) is 12.8.